The Bertz CT molecular complexity index is 879. The van der Waals surface area contributed by atoms with Gasteiger partial charge in [0.05, 0.1) is 0 Å². The molecule has 7 nitrogen and oxygen atoms in total. The molecule has 1 N–H and O–H groups in total. The van der Waals surface area contributed by atoms with E-state index in [1.165, 1.54) is 30.6 Å². The highest BCUT2D eigenvalue weighted by Gasteiger charge is 2.16. The number of aromatic nitrogens is 1. The van der Waals surface area contributed by atoms with Crippen LogP contribution < -0.4 is 14.2 Å². The van der Waals surface area contributed by atoms with Crippen LogP contribution in [-0.4, -0.2) is 32.5 Å². The van der Waals surface area contributed by atoms with Crippen LogP contribution in [0.1, 0.15) is 5.56 Å². The number of pyridine rings is 1. The van der Waals surface area contributed by atoms with Crippen LogP contribution in [0.25, 0.3) is 6.08 Å². The summed E-state index contributed by atoms with van der Waals surface area (Å²) in [5.41, 5.74) is 0.688. The van der Waals surface area contributed by atoms with Crippen molar-refractivity contribution in [1.82, 2.24) is 9.71 Å². The molecule has 0 bridgehead atoms. The Morgan fingerprint density at radius 2 is 1.96 bits per heavy atom. The van der Waals surface area contributed by atoms with Crippen molar-refractivity contribution < 1.29 is 22.7 Å². The van der Waals surface area contributed by atoms with Crippen LogP contribution in [0.4, 0.5) is 0 Å². The summed E-state index contributed by atoms with van der Waals surface area (Å²) < 4.78 is 36.8. The maximum absolute atomic E-state index is 12.0. The second kappa shape index (κ2) is 6.71. The summed E-state index contributed by atoms with van der Waals surface area (Å²) in [6.45, 7) is 0.959. The fourth-order valence-corrected chi connectivity index (χ4v) is 2.98. The van der Waals surface area contributed by atoms with Crippen LogP contribution in [0.3, 0.4) is 0 Å². The molecule has 1 aromatic heterocycles. The summed E-state index contributed by atoms with van der Waals surface area (Å²) in [4.78, 5) is 15.5. The van der Waals surface area contributed by atoms with E-state index in [4.69, 9.17) is 9.47 Å². The number of fused-ring (bicyclic) bond motifs is 1. The van der Waals surface area contributed by atoms with Gasteiger partial charge in [0, 0.05) is 18.5 Å². The number of ether oxygens (including phenoxy) is 2. The Labute approximate surface area is 139 Å². The molecule has 0 radical (unpaired) electrons. The van der Waals surface area contributed by atoms with E-state index < -0.39 is 15.9 Å². The van der Waals surface area contributed by atoms with Crippen molar-refractivity contribution >= 4 is 22.0 Å². The number of rotatable bonds is 4. The van der Waals surface area contributed by atoms with E-state index in [0.29, 0.717) is 30.3 Å². The Balaban J connectivity index is 1.70. The number of benzene rings is 1. The van der Waals surface area contributed by atoms with Gasteiger partial charge in [-0.1, -0.05) is 6.07 Å². The molecule has 1 aromatic carbocycles. The third kappa shape index (κ3) is 3.72. The Hall–Kier alpha value is -2.87. The van der Waals surface area contributed by atoms with Gasteiger partial charge in [-0.3, -0.25) is 9.78 Å². The first-order valence-electron chi connectivity index (χ1n) is 7.09. The fraction of sp³-hybridized carbons (Fsp3) is 0.125. The van der Waals surface area contributed by atoms with Crippen molar-refractivity contribution in [3.05, 3.63) is 54.4 Å². The number of sulfonamides is 1. The summed E-state index contributed by atoms with van der Waals surface area (Å²) in [6, 6.07) is 8.02. The van der Waals surface area contributed by atoms with Crippen molar-refractivity contribution in [1.29, 1.82) is 0 Å². The molecule has 1 aliphatic rings. The van der Waals surface area contributed by atoms with Crippen LogP contribution >= 0.6 is 0 Å². The maximum Gasteiger partial charge on any atom is 0.265 e. The topological polar surface area (TPSA) is 94.6 Å². The Morgan fingerprint density at radius 3 is 2.71 bits per heavy atom. The van der Waals surface area contributed by atoms with Crippen LogP contribution in [0.2, 0.25) is 0 Å². The minimum atomic E-state index is -3.94. The summed E-state index contributed by atoms with van der Waals surface area (Å²) in [6.07, 6.45) is 5.24. The second-order valence-electron chi connectivity index (χ2n) is 4.89. The molecule has 2 heterocycles. The van der Waals surface area contributed by atoms with Gasteiger partial charge in [0.25, 0.3) is 15.9 Å². The predicted octanol–water partition coefficient (Wildman–Crippen LogP) is 1.37. The van der Waals surface area contributed by atoms with E-state index in [1.54, 1.807) is 18.2 Å². The van der Waals surface area contributed by atoms with Gasteiger partial charge in [0.15, 0.2) is 11.5 Å². The SMILES string of the molecule is O=C(C=Cc1ccc2c(c1)OCCO2)NS(=O)(=O)c1cccnc1. The molecule has 24 heavy (non-hydrogen) atoms. The zero-order valence-corrected chi connectivity index (χ0v) is 13.3. The number of hydrogen-bond donors (Lipinski definition) is 1. The molecule has 124 valence electrons. The molecule has 2 aromatic rings. The number of nitrogens with one attached hydrogen (secondary N) is 1. The van der Waals surface area contributed by atoms with Gasteiger partial charge in [-0.2, -0.15) is 0 Å². The van der Waals surface area contributed by atoms with Gasteiger partial charge in [-0.15, -0.1) is 0 Å². The summed E-state index contributed by atoms with van der Waals surface area (Å²) >= 11 is 0. The standard InChI is InChI=1S/C16H14N2O5S/c19-16(18-24(20,21)13-2-1-7-17-11-13)6-4-12-3-5-14-15(10-12)23-9-8-22-14/h1-7,10-11H,8-9H2,(H,18,19). The Morgan fingerprint density at radius 1 is 1.17 bits per heavy atom. The summed E-state index contributed by atoms with van der Waals surface area (Å²) in [7, 11) is -3.94. The second-order valence-corrected chi connectivity index (χ2v) is 6.58. The highest BCUT2D eigenvalue weighted by molar-refractivity contribution is 7.90. The summed E-state index contributed by atoms with van der Waals surface area (Å²) in [5, 5.41) is 0. The minimum absolute atomic E-state index is 0.0777. The lowest BCUT2D eigenvalue weighted by atomic mass is 10.2. The molecule has 0 atom stereocenters. The van der Waals surface area contributed by atoms with Gasteiger partial charge in [-0.25, -0.2) is 13.1 Å². The van der Waals surface area contributed by atoms with Gasteiger partial charge in [0.1, 0.15) is 18.1 Å². The maximum atomic E-state index is 12.0. The largest absolute Gasteiger partial charge is 0.486 e. The van der Waals surface area contributed by atoms with E-state index in [0.717, 1.165) is 6.08 Å². The lowest BCUT2D eigenvalue weighted by Crippen LogP contribution is -2.29. The van der Waals surface area contributed by atoms with E-state index in [-0.39, 0.29) is 4.90 Å². The monoisotopic (exact) mass is 346 g/mol. The zero-order valence-electron chi connectivity index (χ0n) is 12.5. The molecule has 0 unspecified atom stereocenters. The molecular formula is C16H14N2O5S. The highest BCUT2D eigenvalue weighted by Crippen LogP contribution is 2.31. The van der Waals surface area contributed by atoms with Gasteiger partial charge < -0.3 is 9.47 Å². The molecule has 1 aliphatic heterocycles. The molecule has 1 amide bonds. The fourth-order valence-electron chi connectivity index (χ4n) is 2.07. The Kier molecular flexibility index (Phi) is 4.48. The van der Waals surface area contributed by atoms with Crippen LogP contribution in [0, 0.1) is 0 Å². The van der Waals surface area contributed by atoms with Gasteiger partial charge in [-0.05, 0) is 35.9 Å². The smallest absolute Gasteiger partial charge is 0.265 e. The number of amides is 1. The molecule has 3 rings (SSSR count). The van der Waals surface area contributed by atoms with Gasteiger partial charge >= 0.3 is 0 Å². The first-order valence-corrected chi connectivity index (χ1v) is 8.57. The van der Waals surface area contributed by atoms with Gasteiger partial charge in [0.2, 0.25) is 0 Å². The molecule has 0 aliphatic carbocycles. The zero-order chi connectivity index (χ0) is 17.0. The third-order valence-corrected chi connectivity index (χ3v) is 4.51. The van der Waals surface area contributed by atoms with Crippen LogP contribution in [0.5, 0.6) is 11.5 Å². The van der Waals surface area contributed by atoms with E-state index in [9.17, 15) is 13.2 Å². The van der Waals surface area contributed by atoms with Crippen molar-refractivity contribution in [2.75, 3.05) is 13.2 Å². The van der Waals surface area contributed by atoms with E-state index >= 15 is 0 Å². The van der Waals surface area contributed by atoms with Crippen molar-refractivity contribution in [2.45, 2.75) is 4.90 Å². The minimum Gasteiger partial charge on any atom is -0.486 e. The van der Waals surface area contributed by atoms with E-state index in [2.05, 4.69) is 4.98 Å². The molecular weight excluding hydrogens is 332 g/mol. The first-order chi connectivity index (χ1) is 11.5. The lowest BCUT2D eigenvalue weighted by molar-refractivity contribution is -0.114. The van der Waals surface area contributed by atoms with Crippen LogP contribution in [0.15, 0.2) is 53.7 Å². The lowest BCUT2D eigenvalue weighted by Gasteiger charge is -2.18. The van der Waals surface area contributed by atoms with Crippen molar-refractivity contribution in [3.8, 4) is 11.5 Å². The summed E-state index contributed by atoms with van der Waals surface area (Å²) in [5.74, 6) is 0.475. The van der Waals surface area contributed by atoms with E-state index in [1.807, 2.05) is 4.72 Å². The average Bonchev–Trinajstić information content (AvgIpc) is 2.60. The quantitative estimate of drug-likeness (QED) is 0.840. The molecule has 0 spiro atoms. The molecule has 0 saturated carbocycles. The third-order valence-electron chi connectivity index (χ3n) is 3.17. The average molecular weight is 346 g/mol. The molecule has 8 heteroatoms. The molecule has 0 saturated heterocycles. The van der Waals surface area contributed by atoms with Crippen molar-refractivity contribution in [2.24, 2.45) is 0 Å². The highest BCUT2D eigenvalue weighted by atomic mass is 32.2. The number of carbonyl (C=O) groups is 1. The molecule has 0 fully saturated rings. The first kappa shape index (κ1) is 16.0. The number of carbonyl (C=O) groups excluding carboxylic acids is 1. The number of hydrogen-bond acceptors (Lipinski definition) is 6. The van der Waals surface area contributed by atoms with Crippen molar-refractivity contribution in [3.63, 3.8) is 0 Å². The normalized spacial score (nSPS) is 13.7. The predicted molar refractivity (Wildman–Crippen MR) is 86.0 cm³/mol. The van der Waals surface area contributed by atoms with Crippen LogP contribution in [-0.2, 0) is 14.8 Å². The number of nitrogens with zero attached hydrogens (tertiary/aromatic N) is 1.